The Morgan fingerprint density at radius 3 is 2.88 bits per heavy atom. The molecule has 0 aliphatic heterocycles. The monoisotopic (exact) mass is 237 g/mol. The van der Waals surface area contributed by atoms with Gasteiger partial charge in [-0.1, -0.05) is 11.6 Å². The van der Waals surface area contributed by atoms with E-state index in [4.69, 9.17) is 0 Å². The number of aliphatic carboxylic acids is 1. The molecule has 6 heteroatoms. The van der Waals surface area contributed by atoms with Gasteiger partial charge in [-0.05, 0) is 12.8 Å². The molecule has 1 aromatic heterocycles. The van der Waals surface area contributed by atoms with Crippen molar-refractivity contribution in [3.8, 4) is 0 Å². The summed E-state index contributed by atoms with van der Waals surface area (Å²) >= 11 is 0. The number of hydrogen-bond donors (Lipinski definition) is 1. The second kappa shape index (κ2) is 4.27. The van der Waals surface area contributed by atoms with E-state index >= 15 is 0 Å². The third kappa shape index (κ3) is 2.07. The minimum atomic E-state index is -1.28. The highest BCUT2D eigenvalue weighted by molar-refractivity contribution is 6.03. The van der Waals surface area contributed by atoms with Crippen molar-refractivity contribution in [2.24, 2.45) is 12.5 Å². The van der Waals surface area contributed by atoms with E-state index in [1.165, 1.54) is 4.68 Å². The van der Waals surface area contributed by atoms with Gasteiger partial charge in [0.2, 0.25) is 0 Å². The minimum Gasteiger partial charge on any atom is -0.480 e. The Bertz CT molecular complexity index is 455. The SMILES string of the molecule is Cn1cc(CC2(C(=O)O)CCCCC2=O)nn1. The number of carboxylic acid groups (broad SMARTS) is 1. The largest absolute Gasteiger partial charge is 0.480 e. The molecule has 17 heavy (non-hydrogen) atoms. The van der Waals surface area contributed by atoms with Crippen LogP contribution in [0.3, 0.4) is 0 Å². The van der Waals surface area contributed by atoms with Gasteiger partial charge in [0.05, 0.1) is 5.69 Å². The Kier molecular flexibility index (Phi) is 2.95. The van der Waals surface area contributed by atoms with Crippen LogP contribution in [0.2, 0.25) is 0 Å². The predicted molar refractivity (Wildman–Crippen MR) is 58.3 cm³/mol. The number of carbonyl (C=O) groups is 2. The first-order chi connectivity index (χ1) is 8.04. The average molecular weight is 237 g/mol. The van der Waals surface area contributed by atoms with E-state index in [1.54, 1.807) is 13.2 Å². The van der Waals surface area contributed by atoms with Gasteiger partial charge in [0.15, 0.2) is 5.78 Å². The molecule has 1 N–H and O–H groups in total. The van der Waals surface area contributed by atoms with Crippen molar-refractivity contribution in [3.63, 3.8) is 0 Å². The zero-order chi connectivity index (χ0) is 12.5. The highest BCUT2D eigenvalue weighted by Gasteiger charge is 2.47. The summed E-state index contributed by atoms with van der Waals surface area (Å²) in [6.07, 6.45) is 4.12. The maximum atomic E-state index is 11.9. The standard InChI is InChI=1S/C11H15N3O3/c1-14-7-8(12-13-14)6-11(10(16)17)5-3-2-4-9(11)15/h7H,2-6H2,1H3,(H,16,17). The summed E-state index contributed by atoms with van der Waals surface area (Å²) in [5.74, 6) is -1.21. The normalized spacial score (nSPS) is 24.9. The molecule has 2 rings (SSSR count). The topological polar surface area (TPSA) is 85.1 Å². The van der Waals surface area contributed by atoms with Crippen LogP contribution in [-0.4, -0.2) is 31.9 Å². The number of Topliss-reactive ketones (excluding diaryl/α,β-unsaturated/α-hetero) is 1. The number of carboxylic acids is 1. The number of ketones is 1. The van der Waals surface area contributed by atoms with Gasteiger partial charge in [-0.15, -0.1) is 5.10 Å². The summed E-state index contributed by atoms with van der Waals surface area (Å²) in [5, 5.41) is 17.0. The van der Waals surface area contributed by atoms with Gasteiger partial charge >= 0.3 is 5.97 Å². The number of hydrogen-bond acceptors (Lipinski definition) is 4. The Hall–Kier alpha value is -1.72. The number of carbonyl (C=O) groups excluding carboxylic acids is 1. The van der Waals surface area contributed by atoms with Gasteiger partial charge in [-0.3, -0.25) is 14.3 Å². The van der Waals surface area contributed by atoms with Crippen molar-refractivity contribution >= 4 is 11.8 Å². The summed E-state index contributed by atoms with van der Waals surface area (Å²) in [4.78, 5) is 23.4. The van der Waals surface area contributed by atoms with E-state index in [0.29, 0.717) is 18.5 Å². The van der Waals surface area contributed by atoms with Crippen LogP contribution in [0.25, 0.3) is 0 Å². The molecule has 0 saturated heterocycles. The number of aryl methyl sites for hydroxylation is 1. The maximum absolute atomic E-state index is 11.9. The highest BCUT2D eigenvalue weighted by atomic mass is 16.4. The quantitative estimate of drug-likeness (QED) is 0.777. The van der Waals surface area contributed by atoms with Crippen molar-refractivity contribution in [1.29, 1.82) is 0 Å². The van der Waals surface area contributed by atoms with Crippen molar-refractivity contribution in [3.05, 3.63) is 11.9 Å². The van der Waals surface area contributed by atoms with Crippen molar-refractivity contribution in [2.45, 2.75) is 32.1 Å². The smallest absolute Gasteiger partial charge is 0.317 e. The minimum absolute atomic E-state index is 0.148. The molecular weight excluding hydrogens is 222 g/mol. The molecule has 92 valence electrons. The Labute approximate surface area is 98.6 Å². The lowest BCUT2D eigenvalue weighted by molar-refractivity contribution is -0.157. The van der Waals surface area contributed by atoms with Crippen LogP contribution >= 0.6 is 0 Å². The molecule has 1 aliphatic rings. The van der Waals surface area contributed by atoms with Gasteiger partial charge in [0.25, 0.3) is 0 Å². The van der Waals surface area contributed by atoms with Gasteiger partial charge in [0, 0.05) is 26.1 Å². The molecule has 0 bridgehead atoms. The number of nitrogens with zero attached hydrogens (tertiary/aromatic N) is 3. The summed E-state index contributed by atoms with van der Waals surface area (Å²) in [6, 6.07) is 0. The van der Waals surface area contributed by atoms with Crippen LogP contribution in [0.4, 0.5) is 0 Å². The number of rotatable bonds is 3. The average Bonchev–Trinajstić information content (AvgIpc) is 2.67. The molecule has 0 aromatic carbocycles. The molecule has 1 aromatic rings. The Morgan fingerprint density at radius 1 is 1.59 bits per heavy atom. The molecule has 1 fully saturated rings. The van der Waals surface area contributed by atoms with Crippen LogP contribution in [0, 0.1) is 5.41 Å². The van der Waals surface area contributed by atoms with Gasteiger partial charge in [-0.2, -0.15) is 0 Å². The summed E-state index contributed by atoms with van der Waals surface area (Å²) in [5.41, 5.74) is -0.723. The van der Waals surface area contributed by atoms with Crippen LogP contribution < -0.4 is 0 Å². The Balaban J connectivity index is 2.28. The molecule has 0 radical (unpaired) electrons. The molecule has 0 spiro atoms. The molecule has 1 atom stereocenters. The molecule has 6 nitrogen and oxygen atoms in total. The van der Waals surface area contributed by atoms with Crippen molar-refractivity contribution in [2.75, 3.05) is 0 Å². The zero-order valence-electron chi connectivity index (χ0n) is 9.72. The molecule has 1 aliphatic carbocycles. The van der Waals surface area contributed by atoms with Crippen LogP contribution in [0.5, 0.6) is 0 Å². The van der Waals surface area contributed by atoms with E-state index in [2.05, 4.69) is 10.3 Å². The lowest BCUT2D eigenvalue weighted by Crippen LogP contribution is -2.43. The third-order valence-electron chi connectivity index (χ3n) is 3.33. The van der Waals surface area contributed by atoms with Gasteiger partial charge in [0.1, 0.15) is 5.41 Å². The van der Waals surface area contributed by atoms with E-state index in [-0.39, 0.29) is 12.2 Å². The van der Waals surface area contributed by atoms with E-state index < -0.39 is 11.4 Å². The Morgan fingerprint density at radius 2 is 2.35 bits per heavy atom. The van der Waals surface area contributed by atoms with Gasteiger partial charge in [-0.25, -0.2) is 0 Å². The molecular formula is C11H15N3O3. The fraction of sp³-hybridized carbons (Fsp3) is 0.636. The van der Waals surface area contributed by atoms with Gasteiger partial charge < -0.3 is 5.11 Å². The van der Waals surface area contributed by atoms with Crippen molar-refractivity contribution < 1.29 is 14.7 Å². The van der Waals surface area contributed by atoms with Crippen LogP contribution in [0.1, 0.15) is 31.4 Å². The molecule has 0 amide bonds. The van der Waals surface area contributed by atoms with Crippen LogP contribution in [-0.2, 0) is 23.1 Å². The summed E-state index contributed by atoms with van der Waals surface area (Å²) < 4.78 is 1.51. The molecule has 1 heterocycles. The third-order valence-corrected chi connectivity index (χ3v) is 3.33. The predicted octanol–water partition coefficient (Wildman–Crippen LogP) is 0.572. The lowest BCUT2D eigenvalue weighted by Gasteiger charge is -2.30. The highest BCUT2D eigenvalue weighted by Crippen LogP contribution is 2.36. The fourth-order valence-electron chi connectivity index (χ4n) is 2.37. The van der Waals surface area contributed by atoms with E-state index in [9.17, 15) is 14.7 Å². The summed E-state index contributed by atoms with van der Waals surface area (Å²) in [7, 11) is 1.71. The second-order valence-corrected chi connectivity index (χ2v) is 4.58. The lowest BCUT2D eigenvalue weighted by atomic mass is 9.70. The van der Waals surface area contributed by atoms with Crippen LogP contribution in [0.15, 0.2) is 6.20 Å². The fourth-order valence-corrected chi connectivity index (χ4v) is 2.37. The first kappa shape index (κ1) is 11.8. The van der Waals surface area contributed by atoms with Crippen molar-refractivity contribution in [1.82, 2.24) is 15.0 Å². The number of aromatic nitrogens is 3. The van der Waals surface area contributed by atoms with E-state index in [1.807, 2.05) is 0 Å². The zero-order valence-corrected chi connectivity index (χ0v) is 9.72. The first-order valence-electron chi connectivity index (χ1n) is 5.66. The first-order valence-corrected chi connectivity index (χ1v) is 5.66. The molecule has 1 unspecified atom stereocenters. The molecule has 1 saturated carbocycles. The van der Waals surface area contributed by atoms with E-state index in [0.717, 1.165) is 12.8 Å². The summed E-state index contributed by atoms with van der Waals surface area (Å²) in [6.45, 7) is 0. The second-order valence-electron chi connectivity index (χ2n) is 4.58. The maximum Gasteiger partial charge on any atom is 0.317 e.